The monoisotopic (exact) mass is 1380 g/mol. The number of amides is 6. The van der Waals surface area contributed by atoms with Gasteiger partial charge in [-0.25, -0.2) is 23.7 Å². The molecule has 1 aliphatic heterocycles. The molecule has 3 heterocycles. The van der Waals surface area contributed by atoms with Gasteiger partial charge in [0.05, 0.1) is 28.2 Å². The molecular formula is C75H80ClFN11O10S+. The van der Waals surface area contributed by atoms with E-state index >= 15 is 0 Å². The van der Waals surface area contributed by atoms with Crippen molar-refractivity contribution in [3.05, 3.63) is 207 Å². The van der Waals surface area contributed by atoms with Crippen LogP contribution >= 0.6 is 22.9 Å². The van der Waals surface area contributed by atoms with Crippen molar-refractivity contribution in [2.24, 2.45) is 11.1 Å². The van der Waals surface area contributed by atoms with Crippen molar-refractivity contribution in [1.82, 2.24) is 41.1 Å². The predicted octanol–water partition coefficient (Wildman–Crippen LogP) is 9.86. The lowest BCUT2D eigenvalue weighted by molar-refractivity contribution is -0.134. The summed E-state index contributed by atoms with van der Waals surface area (Å²) in [5.74, 6) is -4.14. The number of carboxylic acids is 1. The number of thiazole rings is 1. The summed E-state index contributed by atoms with van der Waals surface area (Å²) < 4.78 is 29.4. The molecule has 2 aromatic heterocycles. The topological polar surface area (TPSA) is 292 Å². The van der Waals surface area contributed by atoms with Crippen molar-refractivity contribution < 1.29 is 52.2 Å². The number of pyridine rings is 1. The van der Waals surface area contributed by atoms with Crippen LogP contribution in [0.5, 0.6) is 5.75 Å². The molecule has 3 atom stereocenters. The number of carboxylic acid groups (broad SMARTS) is 1. The van der Waals surface area contributed by atoms with E-state index in [1.54, 1.807) is 60.8 Å². The minimum atomic E-state index is -1.24. The Bertz CT molecular complexity index is 4410. The van der Waals surface area contributed by atoms with E-state index < -0.39 is 64.9 Å². The second kappa shape index (κ2) is 33.2. The summed E-state index contributed by atoms with van der Waals surface area (Å²) >= 11 is 7.48. The summed E-state index contributed by atoms with van der Waals surface area (Å²) in [7, 11) is 7.67. The molecule has 9 N–H and O–H groups in total. The first-order chi connectivity index (χ1) is 47.7. The summed E-state index contributed by atoms with van der Waals surface area (Å²) in [5, 5.41) is 32.3. The largest absolute Gasteiger partial charge is 0.487 e. The second-order valence-corrected chi connectivity index (χ2v) is 26.4. The molecule has 0 spiro atoms. The number of hydrogen-bond donors (Lipinski definition) is 8. The number of nitrogens with one attached hydrogen (secondary N) is 6. The van der Waals surface area contributed by atoms with Crippen LogP contribution in [0, 0.1) is 11.2 Å². The van der Waals surface area contributed by atoms with Gasteiger partial charge in [0.25, 0.3) is 5.91 Å². The van der Waals surface area contributed by atoms with Crippen molar-refractivity contribution >= 4 is 92.0 Å². The zero-order valence-corrected chi connectivity index (χ0v) is 57.0. The van der Waals surface area contributed by atoms with Gasteiger partial charge in [0.1, 0.15) is 49.4 Å². The first kappa shape index (κ1) is 71.3. The zero-order chi connectivity index (χ0) is 70.2. The van der Waals surface area contributed by atoms with E-state index in [0.29, 0.717) is 94.2 Å². The number of hydrogen-bond acceptors (Lipinski definition) is 14. The molecule has 24 heteroatoms. The molecule has 0 unspecified atom stereocenters. The number of anilines is 3. The van der Waals surface area contributed by atoms with Crippen molar-refractivity contribution in [2.45, 2.75) is 101 Å². The third-order valence-corrected chi connectivity index (χ3v) is 18.6. The summed E-state index contributed by atoms with van der Waals surface area (Å²) in [6, 6.07) is 40.6. The lowest BCUT2D eigenvalue weighted by atomic mass is 9.69. The number of aromatic carboxylic acids is 1. The predicted molar refractivity (Wildman–Crippen MR) is 380 cm³/mol. The van der Waals surface area contributed by atoms with Crippen LogP contribution in [0.4, 0.5) is 21.0 Å². The SMILES string of the molecule is CN(C)c1ccc2c(-c3ccc(C(=O)NCCCC[C@H](NC(=O)[C@H](Cc4ccccc4)NC(=O)[C@H](Cc4ccccc4)NC(=O)CCCNC(=O)C4(Cc5cccc(Nc6nccs6)n5)CCC(Oc5cccc(Cl)c5F)CC4)C(N)=O)cc3C(=O)O)c3ccc(=[N+](C)C)cc-3oc2c1. The van der Waals surface area contributed by atoms with Gasteiger partial charge in [-0.2, -0.15) is 0 Å². The van der Waals surface area contributed by atoms with Gasteiger partial charge in [0.2, 0.25) is 34.9 Å². The standard InChI is InChI=1S/C75H79ClFN11O10S/c1-87(2)50-27-30-54-62(43-50)98-63-44-51(88(3)4)28-31-55(63)66(54)53-29-26-48(42-56(53)72(94)95)69(91)79-36-12-11-22-58(68(78)90)84-71(93)60(41-47-18-9-6-10-19-47)85-70(92)59(40-46-16-7-5-8-17-46)83-65(89)25-15-37-80-73(96)75(45-49-20-13-24-64(82-49)86-74-81-38-39-99-74)34-32-52(33-35-75)97-61-23-14-21-57(76)67(61)77/h5-10,13-14,16-21,23-24,26-31,38-39,42-44,52,58-60H,11-12,15,22,25,32-37,40-41,45H2,1-4H3,(H8-,78,79,80,81,82,83,84,85,86,89,90,91,92,93,94,95,96)/p+1/t52?,58-,59-,60-,75?/m0/s1. The molecule has 0 radical (unpaired) electrons. The van der Waals surface area contributed by atoms with Gasteiger partial charge in [0, 0.05) is 110 Å². The zero-order valence-electron chi connectivity index (χ0n) is 55.4. The molecule has 0 saturated heterocycles. The molecule has 2 aliphatic carbocycles. The minimum absolute atomic E-state index is 0.0103. The highest BCUT2D eigenvalue weighted by Crippen LogP contribution is 2.44. The number of rotatable bonds is 30. The van der Waals surface area contributed by atoms with Crippen molar-refractivity contribution in [3.8, 4) is 28.2 Å². The van der Waals surface area contributed by atoms with Gasteiger partial charge >= 0.3 is 5.97 Å². The average Bonchev–Trinajstić information content (AvgIpc) is 0.967. The van der Waals surface area contributed by atoms with Crippen LogP contribution in [-0.2, 0) is 43.2 Å². The van der Waals surface area contributed by atoms with Crippen molar-refractivity contribution in [3.63, 3.8) is 0 Å². The molecule has 99 heavy (non-hydrogen) atoms. The van der Waals surface area contributed by atoms with Gasteiger partial charge in [0.15, 0.2) is 16.7 Å². The van der Waals surface area contributed by atoms with Gasteiger partial charge < -0.3 is 56.8 Å². The van der Waals surface area contributed by atoms with E-state index in [1.165, 1.54) is 29.5 Å². The van der Waals surface area contributed by atoms with Crippen LogP contribution in [0.2, 0.25) is 5.02 Å². The number of fused-ring (bicyclic) bond motifs is 2. The number of unbranched alkanes of at least 4 members (excludes halogenated alkanes) is 1. The third-order valence-electron chi connectivity index (χ3n) is 17.7. The molecule has 5 aromatic carbocycles. The Morgan fingerprint density at radius 2 is 1.44 bits per heavy atom. The van der Waals surface area contributed by atoms with E-state index in [9.17, 15) is 43.1 Å². The number of aromatic nitrogens is 2. The van der Waals surface area contributed by atoms with Crippen LogP contribution in [-0.4, -0.2) is 122 Å². The van der Waals surface area contributed by atoms with Crippen LogP contribution in [0.25, 0.3) is 33.4 Å². The minimum Gasteiger partial charge on any atom is -0.487 e. The van der Waals surface area contributed by atoms with Crippen molar-refractivity contribution in [2.75, 3.05) is 51.5 Å². The van der Waals surface area contributed by atoms with Gasteiger partial charge in [-0.3, -0.25) is 28.8 Å². The number of nitrogens with zero attached hydrogens (tertiary/aromatic N) is 4. The molecule has 21 nitrogen and oxygen atoms in total. The summed E-state index contributed by atoms with van der Waals surface area (Å²) in [5.41, 5.74) is 10.3. The van der Waals surface area contributed by atoms with Gasteiger partial charge in [-0.1, -0.05) is 90.5 Å². The van der Waals surface area contributed by atoms with E-state index in [0.717, 1.165) is 16.6 Å². The normalized spacial score (nSPS) is 15.2. The highest BCUT2D eigenvalue weighted by Gasteiger charge is 2.43. The van der Waals surface area contributed by atoms with E-state index in [2.05, 4.69) is 36.9 Å². The van der Waals surface area contributed by atoms with E-state index in [1.807, 2.05) is 122 Å². The van der Waals surface area contributed by atoms with Crippen LogP contribution in [0.1, 0.15) is 95.3 Å². The smallest absolute Gasteiger partial charge is 0.336 e. The van der Waals surface area contributed by atoms with Gasteiger partial charge in [-0.05, 0) is 123 Å². The quantitative estimate of drug-likeness (QED) is 0.0118. The number of carbonyl (C=O) groups is 7. The van der Waals surface area contributed by atoms with Crippen LogP contribution in [0.3, 0.4) is 0 Å². The molecule has 514 valence electrons. The molecule has 0 bridgehead atoms. The molecule has 10 rings (SSSR count). The number of benzene rings is 6. The maximum absolute atomic E-state index is 14.9. The molecule has 3 aliphatic rings. The second-order valence-electron chi connectivity index (χ2n) is 25.1. The van der Waals surface area contributed by atoms with E-state index in [4.69, 9.17) is 31.5 Å². The number of ether oxygens (including phenoxy) is 1. The number of primary amides is 1. The summed E-state index contributed by atoms with van der Waals surface area (Å²) in [4.78, 5) is 108. The average molecular weight is 1380 g/mol. The Kier molecular flexibility index (Phi) is 23.9. The van der Waals surface area contributed by atoms with Crippen molar-refractivity contribution in [1.29, 1.82) is 0 Å². The number of nitrogens with two attached hydrogens (primary N) is 1. The first-order valence-electron chi connectivity index (χ1n) is 32.8. The Morgan fingerprint density at radius 1 is 0.768 bits per heavy atom. The Morgan fingerprint density at radius 3 is 2.11 bits per heavy atom. The van der Waals surface area contributed by atoms with Crippen LogP contribution in [0.15, 0.2) is 168 Å². The molecule has 1 saturated carbocycles. The maximum atomic E-state index is 14.9. The lowest BCUT2D eigenvalue weighted by Crippen LogP contribution is -2.57. The fraction of sp³-hybridized carbons (Fsp3) is 0.307. The summed E-state index contributed by atoms with van der Waals surface area (Å²) in [6.45, 7) is 0.252. The Labute approximate surface area is 581 Å². The van der Waals surface area contributed by atoms with E-state index in [-0.39, 0.29) is 85.5 Å². The molecule has 7 aromatic rings. The lowest BCUT2D eigenvalue weighted by Gasteiger charge is -2.39. The Hall–Kier alpha value is -10.5. The number of carbonyl (C=O) groups excluding carboxylic acids is 6. The molecule has 1 fully saturated rings. The fourth-order valence-corrected chi connectivity index (χ4v) is 13.0. The Balaban J connectivity index is 0.760. The molecular weight excluding hydrogens is 1300 g/mol. The number of halogens is 2. The maximum Gasteiger partial charge on any atom is 0.336 e. The van der Waals surface area contributed by atoms with Gasteiger partial charge in [-0.15, -0.1) is 11.3 Å². The first-order valence-corrected chi connectivity index (χ1v) is 34.1. The molecule has 6 amide bonds. The highest BCUT2D eigenvalue weighted by molar-refractivity contribution is 7.13. The highest BCUT2D eigenvalue weighted by atomic mass is 35.5. The van der Waals surface area contributed by atoms with Crippen LogP contribution < -0.4 is 57.2 Å². The fourth-order valence-electron chi connectivity index (χ4n) is 12.3. The summed E-state index contributed by atoms with van der Waals surface area (Å²) in [6.07, 6.45) is 4.18. The third kappa shape index (κ3) is 18.6.